The predicted octanol–water partition coefficient (Wildman–Crippen LogP) is 1.85. The molecule has 0 fully saturated rings. The van der Waals surface area contributed by atoms with Crippen molar-refractivity contribution in [2.75, 3.05) is 0 Å². The van der Waals surface area contributed by atoms with Gasteiger partial charge in [-0.2, -0.15) is 0 Å². The van der Waals surface area contributed by atoms with Crippen LogP contribution in [-0.4, -0.2) is 20.6 Å². The lowest BCUT2D eigenvalue weighted by Gasteiger charge is -2.04. The van der Waals surface area contributed by atoms with Gasteiger partial charge in [0.05, 0.1) is 11.8 Å². The Hall–Kier alpha value is -1.75. The molecule has 4 nitrogen and oxygen atoms in total. The Morgan fingerprint density at radius 3 is 2.93 bits per heavy atom. The van der Waals surface area contributed by atoms with Crippen LogP contribution in [0, 0.1) is 4.64 Å². The molecular weight excluding hydrogens is 212 g/mol. The zero-order chi connectivity index (χ0) is 10.8. The first-order chi connectivity index (χ1) is 7.18. The largest absolute Gasteiger partial charge is 0.480 e. The van der Waals surface area contributed by atoms with E-state index in [1.54, 1.807) is 0 Å². The highest BCUT2D eigenvalue weighted by Gasteiger charge is 2.02. The summed E-state index contributed by atoms with van der Waals surface area (Å²) in [7, 11) is 0. The van der Waals surface area contributed by atoms with E-state index < -0.39 is 5.97 Å². The molecule has 76 valence electrons. The summed E-state index contributed by atoms with van der Waals surface area (Å²) in [4.78, 5) is 14.7. The van der Waals surface area contributed by atoms with Crippen LogP contribution in [0.5, 0.6) is 0 Å². The molecule has 2 rings (SSSR count). The van der Waals surface area contributed by atoms with E-state index in [2.05, 4.69) is 4.98 Å². The van der Waals surface area contributed by atoms with Crippen molar-refractivity contribution in [2.45, 2.75) is 6.54 Å². The van der Waals surface area contributed by atoms with Crippen LogP contribution in [0.2, 0.25) is 0 Å². The molecule has 0 saturated heterocycles. The van der Waals surface area contributed by atoms with E-state index in [1.807, 2.05) is 24.3 Å². The minimum absolute atomic E-state index is 0.156. The number of hydrogen-bond donors (Lipinski definition) is 1. The molecule has 0 aliphatic heterocycles. The van der Waals surface area contributed by atoms with Gasteiger partial charge in [-0.25, -0.2) is 4.98 Å². The standard InChI is InChI=1S/C10H8N2O2S/c13-9(14)5-12-6-11-8-4-2-1-3-7(8)10(12)15/h1-4,6H,5H2,(H,13,14). The molecule has 1 aromatic heterocycles. The second kappa shape index (κ2) is 3.78. The van der Waals surface area contributed by atoms with Gasteiger partial charge in [-0.1, -0.05) is 24.4 Å². The third kappa shape index (κ3) is 1.87. The van der Waals surface area contributed by atoms with E-state index in [-0.39, 0.29) is 6.54 Å². The monoisotopic (exact) mass is 220 g/mol. The fraction of sp³-hybridized carbons (Fsp3) is 0.100. The lowest BCUT2D eigenvalue weighted by Crippen LogP contribution is -2.10. The second-order valence-corrected chi connectivity index (χ2v) is 3.48. The van der Waals surface area contributed by atoms with Gasteiger partial charge < -0.3 is 9.67 Å². The van der Waals surface area contributed by atoms with Gasteiger partial charge in [0, 0.05) is 5.39 Å². The molecule has 2 aromatic rings. The van der Waals surface area contributed by atoms with Crippen LogP contribution in [0.15, 0.2) is 30.6 Å². The molecule has 0 radical (unpaired) electrons. The number of aromatic nitrogens is 2. The number of para-hydroxylation sites is 1. The molecule has 15 heavy (non-hydrogen) atoms. The molecule has 1 aromatic carbocycles. The van der Waals surface area contributed by atoms with Gasteiger partial charge in [0.15, 0.2) is 0 Å². The van der Waals surface area contributed by atoms with Crippen molar-refractivity contribution in [3.05, 3.63) is 35.2 Å². The van der Waals surface area contributed by atoms with Gasteiger partial charge >= 0.3 is 5.97 Å². The first-order valence-corrected chi connectivity index (χ1v) is 4.75. The van der Waals surface area contributed by atoms with Crippen LogP contribution in [-0.2, 0) is 11.3 Å². The van der Waals surface area contributed by atoms with Gasteiger partial charge in [0.2, 0.25) is 0 Å². The zero-order valence-corrected chi connectivity index (χ0v) is 8.57. The molecular formula is C10H8N2O2S. The van der Waals surface area contributed by atoms with Crippen LogP contribution >= 0.6 is 12.2 Å². The van der Waals surface area contributed by atoms with Gasteiger partial charge in [-0.05, 0) is 12.1 Å². The Labute approximate surface area is 90.8 Å². The Kier molecular flexibility index (Phi) is 2.47. The first kappa shape index (κ1) is 9.79. The minimum Gasteiger partial charge on any atom is -0.480 e. The lowest BCUT2D eigenvalue weighted by molar-refractivity contribution is -0.137. The van der Waals surface area contributed by atoms with E-state index in [9.17, 15) is 4.79 Å². The lowest BCUT2D eigenvalue weighted by atomic mass is 10.2. The number of hydrogen-bond acceptors (Lipinski definition) is 3. The number of aliphatic carboxylic acids is 1. The van der Waals surface area contributed by atoms with Crippen LogP contribution in [0.1, 0.15) is 0 Å². The minimum atomic E-state index is -0.928. The van der Waals surface area contributed by atoms with Crippen molar-refractivity contribution < 1.29 is 9.90 Å². The molecule has 0 bridgehead atoms. The highest BCUT2D eigenvalue weighted by molar-refractivity contribution is 7.71. The maximum absolute atomic E-state index is 10.6. The molecule has 5 heteroatoms. The normalized spacial score (nSPS) is 10.4. The third-order valence-corrected chi connectivity index (χ3v) is 2.49. The summed E-state index contributed by atoms with van der Waals surface area (Å²) in [5.74, 6) is -0.928. The van der Waals surface area contributed by atoms with Gasteiger partial charge in [-0.15, -0.1) is 0 Å². The molecule has 0 spiro atoms. The number of carboxylic acids is 1. The first-order valence-electron chi connectivity index (χ1n) is 4.34. The number of nitrogens with zero attached hydrogens (tertiary/aromatic N) is 2. The smallest absolute Gasteiger partial charge is 0.323 e. The summed E-state index contributed by atoms with van der Waals surface area (Å²) in [5.41, 5.74) is 0.782. The fourth-order valence-corrected chi connectivity index (χ4v) is 1.65. The van der Waals surface area contributed by atoms with Crippen LogP contribution in [0.25, 0.3) is 10.9 Å². The van der Waals surface area contributed by atoms with Crippen LogP contribution in [0.4, 0.5) is 0 Å². The van der Waals surface area contributed by atoms with Crippen molar-refractivity contribution >= 4 is 29.1 Å². The van der Waals surface area contributed by atoms with Crippen molar-refractivity contribution in [3.8, 4) is 0 Å². The van der Waals surface area contributed by atoms with E-state index in [0.29, 0.717) is 4.64 Å². The topological polar surface area (TPSA) is 55.1 Å². The Morgan fingerprint density at radius 2 is 2.20 bits per heavy atom. The van der Waals surface area contributed by atoms with E-state index in [4.69, 9.17) is 17.3 Å². The quantitative estimate of drug-likeness (QED) is 0.785. The number of benzene rings is 1. The molecule has 0 amide bonds. The molecule has 1 heterocycles. The molecule has 0 aliphatic rings. The highest BCUT2D eigenvalue weighted by Crippen LogP contribution is 2.11. The number of fused-ring (bicyclic) bond motifs is 1. The van der Waals surface area contributed by atoms with Crippen LogP contribution < -0.4 is 0 Å². The molecule has 1 N–H and O–H groups in total. The number of carbonyl (C=O) groups is 1. The average molecular weight is 220 g/mol. The fourth-order valence-electron chi connectivity index (χ4n) is 1.36. The Balaban J connectivity index is 2.65. The Bertz CT molecular complexity index is 577. The summed E-state index contributed by atoms with van der Waals surface area (Å²) < 4.78 is 1.95. The summed E-state index contributed by atoms with van der Waals surface area (Å²) in [5, 5.41) is 9.47. The highest BCUT2D eigenvalue weighted by atomic mass is 32.1. The van der Waals surface area contributed by atoms with Gasteiger partial charge in [-0.3, -0.25) is 4.79 Å². The second-order valence-electron chi connectivity index (χ2n) is 3.09. The summed E-state index contributed by atoms with van der Waals surface area (Å²) >= 11 is 5.17. The average Bonchev–Trinajstić information content (AvgIpc) is 2.22. The molecule has 0 aliphatic carbocycles. The van der Waals surface area contributed by atoms with Crippen LogP contribution in [0.3, 0.4) is 0 Å². The van der Waals surface area contributed by atoms with Gasteiger partial charge in [0.1, 0.15) is 11.2 Å². The molecule has 0 saturated carbocycles. The summed E-state index contributed by atoms with van der Waals surface area (Å²) in [6.07, 6.45) is 1.46. The number of carboxylic acid groups (broad SMARTS) is 1. The van der Waals surface area contributed by atoms with Crippen molar-refractivity contribution in [2.24, 2.45) is 0 Å². The molecule has 0 atom stereocenters. The zero-order valence-electron chi connectivity index (χ0n) is 7.75. The van der Waals surface area contributed by atoms with E-state index >= 15 is 0 Å². The third-order valence-electron chi connectivity index (χ3n) is 2.04. The van der Waals surface area contributed by atoms with Crippen molar-refractivity contribution in [1.29, 1.82) is 0 Å². The van der Waals surface area contributed by atoms with Crippen molar-refractivity contribution in [3.63, 3.8) is 0 Å². The SMILES string of the molecule is O=C(O)Cn1cnc2ccccc2c1=S. The maximum Gasteiger partial charge on any atom is 0.323 e. The summed E-state index contributed by atoms with van der Waals surface area (Å²) in [6, 6.07) is 7.40. The Morgan fingerprint density at radius 1 is 1.47 bits per heavy atom. The van der Waals surface area contributed by atoms with E-state index in [1.165, 1.54) is 10.9 Å². The van der Waals surface area contributed by atoms with Crippen molar-refractivity contribution in [1.82, 2.24) is 9.55 Å². The predicted molar refractivity (Wildman–Crippen MR) is 58.2 cm³/mol. The molecule has 0 unspecified atom stereocenters. The van der Waals surface area contributed by atoms with Gasteiger partial charge in [0.25, 0.3) is 0 Å². The number of rotatable bonds is 2. The summed E-state index contributed by atoms with van der Waals surface area (Å²) in [6.45, 7) is -0.156. The maximum atomic E-state index is 10.6. The van der Waals surface area contributed by atoms with E-state index in [0.717, 1.165) is 10.9 Å².